The summed E-state index contributed by atoms with van der Waals surface area (Å²) in [6.45, 7) is -0.360. The molecule has 0 radical (unpaired) electrons. The van der Waals surface area contributed by atoms with Crippen molar-refractivity contribution in [2.24, 2.45) is 23.7 Å². The van der Waals surface area contributed by atoms with Gasteiger partial charge in [0.1, 0.15) is 0 Å². The van der Waals surface area contributed by atoms with Gasteiger partial charge in [-0.3, -0.25) is 19.3 Å². The van der Waals surface area contributed by atoms with Crippen LogP contribution >= 0.6 is 31.9 Å². The maximum Gasteiger partial charge on any atom is 0.338 e. The maximum atomic E-state index is 13.1. The summed E-state index contributed by atoms with van der Waals surface area (Å²) in [5, 5.41) is 0. The normalized spacial score (nSPS) is 30.5. The number of alkyl halides is 2. The number of ether oxygens (including phenoxy) is 1. The molecule has 2 aromatic rings. The molecule has 2 bridgehead atoms. The Labute approximate surface area is 201 Å². The molecule has 3 fully saturated rings. The van der Waals surface area contributed by atoms with Crippen LogP contribution in [0.5, 0.6) is 0 Å². The van der Waals surface area contributed by atoms with E-state index in [0.29, 0.717) is 11.3 Å². The van der Waals surface area contributed by atoms with Crippen molar-refractivity contribution in [2.75, 3.05) is 11.5 Å². The van der Waals surface area contributed by atoms with Crippen LogP contribution in [0.2, 0.25) is 0 Å². The number of halogens is 2. The van der Waals surface area contributed by atoms with Gasteiger partial charge in [-0.25, -0.2) is 4.79 Å². The minimum absolute atomic E-state index is 0.146. The molecule has 5 rings (SSSR count). The molecule has 3 aliphatic rings. The number of carbonyl (C=O) groups is 4. The van der Waals surface area contributed by atoms with Gasteiger partial charge in [0.2, 0.25) is 11.8 Å². The molecule has 2 saturated carbocycles. The molecule has 2 aromatic carbocycles. The summed E-state index contributed by atoms with van der Waals surface area (Å²) in [5.41, 5.74) is 1.16. The van der Waals surface area contributed by atoms with Crippen molar-refractivity contribution in [1.82, 2.24) is 0 Å². The number of Topliss-reactive ketones (excluding diaryl/α,β-unsaturated/α-hetero) is 1. The molecule has 0 N–H and O–H groups in total. The molecule has 1 heterocycles. The van der Waals surface area contributed by atoms with Crippen LogP contribution in [0.1, 0.15) is 27.1 Å². The van der Waals surface area contributed by atoms with E-state index in [0.717, 1.165) is 6.42 Å². The number of amides is 2. The number of benzene rings is 2. The van der Waals surface area contributed by atoms with Crippen molar-refractivity contribution >= 4 is 61.1 Å². The Morgan fingerprint density at radius 1 is 0.844 bits per heavy atom. The second kappa shape index (κ2) is 8.23. The molecular weight excluding hydrogens is 542 g/mol. The van der Waals surface area contributed by atoms with Crippen LogP contribution in [-0.2, 0) is 14.3 Å². The molecule has 32 heavy (non-hydrogen) atoms. The van der Waals surface area contributed by atoms with E-state index in [2.05, 4.69) is 31.9 Å². The van der Waals surface area contributed by atoms with E-state index in [1.165, 1.54) is 17.0 Å². The summed E-state index contributed by atoms with van der Waals surface area (Å²) >= 11 is 7.36. The zero-order valence-corrected chi connectivity index (χ0v) is 20.0. The fraction of sp³-hybridized carbons (Fsp3) is 0.333. The Morgan fingerprint density at radius 2 is 1.41 bits per heavy atom. The highest BCUT2D eigenvalue weighted by Crippen LogP contribution is 2.60. The summed E-state index contributed by atoms with van der Waals surface area (Å²) in [6.07, 6.45) is 0.874. The minimum Gasteiger partial charge on any atom is -0.454 e. The Hall–Kier alpha value is -2.32. The highest BCUT2D eigenvalue weighted by atomic mass is 79.9. The average Bonchev–Trinajstić information content (AvgIpc) is 3.42. The number of fused-ring (bicyclic) bond motifs is 5. The van der Waals surface area contributed by atoms with E-state index in [4.69, 9.17) is 4.74 Å². The number of rotatable bonds is 5. The van der Waals surface area contributed by atoms with Crippen molar-refractivity contribution in [3.63, 3.8) is 0 Å². The monoisotopic (exact) mass is 559 g/mol. The summed E-state index contributed by atoms with van der Waals surface area (Å²) in [4.78, 5) is 52.3. The van der Waals surface area contributed by atoms with Gasteiger partial charge in [-0.05, 0) is 42.5 Å². The van der Waals surface area contributed by atoms with Crippen molar-refractivity contribution in [1.29, 1.82) is 0 Å². The van der Waals surface area contributed by atoms with E-state index in [-0.39, 0.29) is 63.1 Å². The topological polar surface area (TPSA) is 80.8 Å². The second-order valence-electron chi connectivity index (χ2n) is 8.43. The lowest BCUT2D eigenvalue weighted by atomic mass is 9.81. The molecule has 6 atom stereocenters. The smallest absolute Gasteiger partial charge is 0.338 e. The Balaban J connectivity index is 1.27. The number of carbonyl (C=O) groups excluding carboxylic acids is 4. The highest BCUT2D eigenvalue weighted by Gasteiger charge is 2.66. The SMILES string of the molecule is O=C(COC(=O)c1ccc(N2C(=O)[C@@H]3[C@H]4C[C@@H]([C@@H](Br)[C@H]4Br)[C@H]3C2=O)cc1)c1ccccc1. The summed E-state index contributed by atoms with van der Waals surface area (Å²) < 4.78 is 5.13. The molecule has 0 aromatic heterocycles. The second-order valence-corrected chi connectivity index (χ2v) is 10.5. The molecule has 164 valence electrons. The lowest BCUT2D eigenvalue weighted by Crippen LogP contribution is -2.37. The number of hydrogen-bond acceptors (Lipinski definition) is 5. The Kier molecular flexibility index (Phi) is 5.53. The zero-order chi connectivity index (χ0) is 22.6. The molecule has 2 aliphatic carbocycles. The van der Waals surface area contributed by atoms with Gasteiger partial charge in [-0.15, -0.1) is 0 Å². The minimum atomic E-state index is -0.640. The largest absolute Gasteiger partial charge is 0.454 e. The number of esters is 1. The third kappa shape index (κ3) is 3.35. The van der Waals surface area contributed by atoms with Gasteiger partial charge in [0, 0.05) is 15.2 Å². The first-order valence-electron chi connectivity index (χ1n) is 10.4. The summed E-state index contributed by atoms with van der Waals surface area (Å²) in [5.74, 6) is -1.56. The number of ketones is 1. The van der Waals surface area contributed by atoms with Crippen molar-refractivity contribution in [3.8, 4) is 0 Å². The predicted octanol–water partition coefficient (Wildman–Crippen LogP) is 4.01. The van der Waals surface area contributed by atoms with Crippen LogP contribution in [-0.4, -0.2) is 39.8 Å². The Bertz CT molecular complexity index is 1070. The molecule has 1 aliphatic heterocycles. The quantitative estimate of drug-likeness (QED) is 0.239. The molecule has 2 amide bonds. The van der Waals surface area contributed by atoms with E-state index < -0.39 is 5.97 Å². The van der Waals surface area contributed by atoms with Gasteiger partial charge in [0.05, 0.1) is 23.1 Å². The van der Waals surface area contributed by atoms with Crippen molar-refractivity contribution in [2.45, 2.75) is 16.1 Å². The van der Waals surface area contributed by atoms with Crippen LogP contribution in [0.25, 0.3) is 0 Å². The number of imide groups is 1. The van der Waals surface area contributed by atoms with Gasteiger partial charge in [-0.1, -0.05) is 62.2 Å². The van der Waals surface area contributed by atoms with Gasteiger partial charge in [0.15, 0.2) is 12.4 Å². The van der Waals surface area contributed by atoms with Gasteiger partial charge >= 0.3 is 5.97 Å². The zero-order valence-electron chi connectivity index (χ0n) is 16.8. The van der Waals surface area contributed by atoms with Crippen LogP contribution in [0, 0.1) is 23.7 Å². The third-order valence-electron chi connectivity index (χ3n) is 6.78. The molecule has 8 heteroatoms. The third-order valence-corrected chi connectivity index (χ3v) is 9.99. The predicted molar refractivity (Wildman–Crippen MR) is 124 cm³/mol. The van der Waals surface area contributed by atoms with Gasteiger partial charge in [0.25, 0.3) is 0 Å². The lowest BCUT2D eigenvalue weighted by molar-refractivity contribution is -0.123. The fourth-order valence-electron chi connectivity index (χ4n) is 5.27. The molecule has 0 unspecified atom stereocenters. The number of hydrogen-bond donors (Lipinski definition) is 0. The number of nitrogens with zero attached hydrogens (tertiary/aromatic N) is 1. The fourth-order valence-corrected chi connectivity index (χ4v) is 7.15. The van der Waals surface area contributed by atoms with Crippen LogP contribution in [0.4, 0.5) is 5.69 Å². The highest BCUT2D eigenvalue weighted by molar-refractivity contribution is 9.12. The first-order valence-corrected chi connectivity index (χ1v) is 12.2. The van der Waals surface area contributed by atoms with Crippen molar-refractivity contribution in [3.05, 3.63) is 65.7 Å². The van der Waals surface area contributed by atoms with Crippen LogP contribution < -0.4 is 4.90 Å². The van der Waals surface area contributed by atoms with Crippen LogP contribution in [0.3, 0.4) is 0 Å². The van der Waals surface area contributed by atoms with E-state index in [1.54, 1.807) is 42.5 Å². The van der Waals surface area contributed by atoms with E-state index >= 15 is 0 Å². The summed E-state index contributed by atoms with van der Waals surface area (Å²) in [6, 6.07) is 14.8. The average molecular weight is 561 g/mol. The first-order chi connectivity index (χ1) is 15.4. The van der Waals surface area contributed by atoms with E-state index in [9.17, 15) is 19.2 Å². The van der Waals surface area contributed by atoms with Gasteiger partial charge < -0.3 is 4.74 Å². The number of anilines is 1. The van der Waals surface area contributed by atoms with Gasteiger partial charge in [-0.2, -0.15) is 0 Å². The first kappa shape index (κ1) is 21.5. The molecule has 6 nitrogen and oxygen atoms in total. The standard InChI is InChI=1S/C24H19Br2NO5/c25-20-15-10-16(21(20)26)19-18(15)22(29)27(23(19)30)14-8-6-13(7-9-14)24(31)32-11-17(28)12-4-2-1-3-5-12/h1-9,15-16,18-21H,10-11H2/t15-,16-,18-,19-,20-,21+/m1/s1. The van der Waals surface area contributed by atoms with Crippen LogP contribution in [0.15, 0.2) is 54.6 Å². The summed E-state index contributed by atoms with van der Waals surface area (Å²) in [7, 11) is 0. The molecule has 0 spiro atoms. The molecule has 1 saturated heterocycles. The lowest BCUT2D eigenvalue weighted by Gasteiger charge is -2.28. The van der Waals surface area contributed by atoms with Crippen molar-refractivity contribution < 1.29 is 23.9 Å². The Morgan fingerprint density at radius 3 is 1.97 bits per heavy atom. The van der Waals surface area contributed by atoms with E-state index in [1.807, 2.05) is 0 Å². The maximum absolute atomic E-state index is 13.1. The molecular formula is C24H19Br2NO5.